The molecule has 0 saturated carbocycles. The van der Waals surface area contributed by atoms with Crippen LogP contribution in [0.4, 0.5) is 0 Å². The molecule has 0 unspecified atom stereocenters. The van der Waals surface area contributed by atoms with Gasteiger partial charge in [-0.1, -0.05) is 18.2 Å². The summed E-state index contributed by atoms with van der Waals surface area (Å²) in [7, 11) is 0. The van der Waals surface area contributed by atoms with E-state index in [0.717, 1.165) is 21.9 Å². The molecular weight excluding hydrogens is 240 g/mol. The molecule has 0 aliphatic heterocycles. The van der Waals surface area contributed by atoms with Gasteiger partial charge in [-0.05, 0) is 31.2 Å². The van der Waals surface area contributed by atoms with Crippen molar-refractivity contribution in [1.82, 2.24) is 0 Å². The fourth-order valence-electron chi connectivity index (χ4n) is 2.23. The molecule has 0 fully saturated rings. The zero-order chi connectivity index (χ0) is 13.4. The highest BCUT2D eigenvalue weighted by molar-refractivity contribution is 6.11. The van der Waals surface area contributed by atoms with E-state index in [-0.39, 0.29) is 18.0 Å². The molecule has 0 amide bonds. The lowest BCUT2D eigenvalue weighted by Crippen LogP contribution is -2.04. The summed E-state index contributed by atoms with van der Waals surface area (Å²) >= 11 is 0. The second-order valence-electron chi connectivity index (χ2n) is 4.61. The highest BCUT2D eigenvalue weighted by atomic mass is 16.3. The molecule has 1 heterocycles. The van der Waals surface area contributed by atoms with Crippen molar-refractivity contribution in [3.05, 3.63) is 48.0 Å². The van der Waals surface area contributed by atoms with Gasteiger partial charge in [-0.2, -0.15) is 0 Å². The van der Waals surface area contributed by atoms with Gasteiger partial charge in [-0.15, -0.1) is 0 Å². The number of carbonyl (C=O) groups excluding carboxylic acids is 2. The van der Waals surface area contributed by atoms with E-state index in [1.54, 1.807) is 18.2 Å². The van der Waals surface area contributed by atoms with Gasteiger partial charge in [0.2, 0.25) is 0 Å². The van der Waals surface area contributed by atoms with Crippen LogP contribution < -0.4 is 0 Å². The minimum atomic E-state index is -0.153. The number of fused-ring (bicyclic) bond motifs is 3. The van der Waals surface area contributed by atoms with Crippen LogP contribution in [0.1, 0.15) is 23.7 Å². The van der Waals surface area contributed by atoms with Crippen LogP contribution in [0.2, 0.25) is 0 Å². The second-order valence-corrected chi connectivity index (χ2v) is 4.61. The Morgan fingerprint density at radius 1 is 1.00 bits per heavy atom. The van der Waals surface area contributed by atoms with Gasteiger partial charge in [0.1, 0.15) is 16.9 Å². The van der Waals surface area contributed by atoms with E-state index < -0.39 is 0 Å². The minimum absolute atomic E-state index is 0.0543. The molecule has 19 heavy (non-hydrogen) atoms. The largest absolute Gasteiger partial charge is 0.456 e. The Hall–Kier alpha value is -2.42. The maximum Gasteiger partial charge on any atom is 0.170 e. The molecule has 0 spiro atoms. The standard InChI is InChI=1S/C16H12O3/c1-10(17)8-14(18)11-6-7-16-13(9-11)12-4-2-3-5-15(12)19-16/h2-7,9H,8H2,1H3. The summed E-state index contributed by atoms with van der Waals surface area (Å²) in [5.41, 5.74) is 2.10. The van der Waals surface area contributed by atoms with Crippen LogP contribution in [0.3, 0.4) is 0 Å². The number of para-hydroxylation sites is 1. The molecule has 0 aliphatic carbocycles. The third-order valence-electron chi connectivity index (χ3n) is 3.11. The second kappa shape index (κ2) is 4.35. The molecule has 0 aliphatic rings. The predicted octanol–water partition coefficient (Wildman–Crippen LogP) is 3.75. The molecule has 1 aromatic heterocycles. The number of Topliss-reactive ketones (excluding diaryl/α,β-unsaturated/α-hetero) is 2. The Kier molecular flexibility index (Phi) is 2.67. The Morgan fingerprint density at radius 2 is 1.74 bits per heavy atom. The molecule has 3 nitrogen and oxygen atoms in total. The Labute approximate surface area is 109 Å². The first-order valence-electron chi connectivity index (χ1n) is 6.09. The Morgan fingerprint density at radius 3 is 2.53 bits per heavy atom. The SMILES string of the molecule is CC(=O)CC(=O)c1ccc2oc3ccccc3c2c1. The zero-order valence-corrected chi connectivity index (χ0v) is 10.5. The number of benzene rings is 2. The zero-order valence-electron chi connectivity index (χ0n) is 10.5. The van der Waals surface area contributed by atoms with Crippen LogP contribution >= 0.6 is 0 Å². The molecule has 0 atom stereocenters. The summed E-state index contributed by atoms with van der Waals surface area (Å²) in [6.07, 6.45) is -0.0543. The summed E-state index contributed by atoms with van der Waals surface area (Å²) in [5.74, 6) is -0.276. The van der Waals surface area contributed by atoms with E-state index in [9.17, 15) is 9.59 Å². The van der Waals surface area contributed by atoms with Crippen LogP contribution in [0.15, 0.2) is 46.9 Å². The summed E-state index contributed by atoms with van der Waals surface area (Å²) < 4.78 is 5.69. The number of carbonyl (C=O) groups is 2. The lowest BCUT2D eigenvalue weighted by atomic mass is 10.0. The highest BCUT2D eigenvalue weighted by Crippen LogP contribution is 2.29. The van der Waals surface area contributed by atoms with Gasteiger partial charge >= 0.3 is 0 Å². The van der Waals surface area contributed by atoms with Crippen LogP contribution in [0, 0.1) is 0 Å². The normalized spacial score (nSPS) is 11.0. The molecule has 3 rings (SSSR count). The van der Waals surface area contributed by atoms with E-state index in [0.29, 0.717) is 5.56 Å². The highest BCUT2D eigenvalue weighted by Gasteiger charge is 2.12. The quantitative estimate of drug-likeness (QED) is 0.527. The first-order valence-corrected chi connectivity index (χ1v) is 6.09. The van der Waals surface area contributed by atoms with Gasteiger partial charge in [0.25, 0.3) is 0 Å². The van der Waals surface area contributed by atoms with Gasteiger partial charge in [0.05, 0.1) is 6.42 Å². The molecule has 3 heteroatoms. The van der Waals surface area contributed by atoms with Crippen molar-refractivity contribution in [3.63, 3.8) is 0 Å². The molecular formula is C16H12O3. The van der Waals surface area contributed by atoms with Crippen molar-refractivity contribution in [2.45, 2.75) is 13.3 Å². The van der Waals surface area contributed by atoms with Crippen molar-refractivity contribution in [3.8, 4) is 0 Å². The van der Waals surface area contributed by atoms with Gasteiger partial charge < -0.3 is 4.42 Å². The molecule has 0 saturated heterocycles. The average molecular weight is 252 g/mol. The van der Waals surface area contributed by atoms with E-state index in [1.165, 1.54) is 6.92 Å². The maximum atomic E-state index is 11.9. The molecule has 0 N–H and O–H groups in total. The van der Waals surface area contributed by atoms with Crippen LogP contribution in [-0.2, 0) is 4.79 Å². The number of hydrogen-bond acceptors (Lipinski definition) is 3. The van der Waals surface area contributed by atoms with Crippen molar-refractivity contribution in [2.75, 3.05) is 0 Å². The van der Waals surface area contributed by atoms with Crippen molar-refractivity contribution < 1.29 is 14.0 Å². The number of hydrogen-bond donors (Lipinski definition) is 0. The predicted molar refractivity (Wildman–Crippen MR) is 73.3 cm³/mol. The molecule has 2 aromatic carbocycles. The summed E-state index contributed by atoms with van der Waals surface area (Å²) in [6, 6.07) is 13.0. The minimum Gasteiger partial charge on any atom is -0.456 e. The molecule has 0 bridgehead atoms. The third kappa shape index (κ3) is 2.03. The summed E-state index contributed by atoms with van der Waals surface area (Å²) in [4.78, 5) is 22.9. The van der Waals surface area contributed by atoms with Gasteiger partial charge in [-0.3, -0.25) is 9.59 Å². The molecule has 94 valence electrons. The van der Waals surface area contributed by atoms with Crippen molar-refractivity contribution in [2.24, 2.45) is 0 Å². The number of ketones is 2. The van der Waals surface area contributed by atoms with E-state index in [4.69, 9.17) is 4.42 Å². The van der Waals surface area contributed by atoms with Crippen LogP contribution in [0.25, 0.3) is 21.9 Å². The topological polar surface area (TPSA) is 47.3 Å². The first kappa shape index (κ1) is 11.7. The van der Waals surface area contributed by atoms with Gasteiger partial charge in [-0.25, -0.2) is 0 Å². The van der Waals surface area contributed by atoms with Crippen LogP contribution in [0.5, 0.6) is 0 Å². The molecule has 0 radical (unpaired) electrons. The van der Waals surface area contributed by atoms with Crippen molar-refractivity contribution >= 4 is 33.5 Å². The van der Waals surface area contributed by atoms with E-state index >= 15 is 0 Å². The average Bonchev–Trinajstić information content (AvgIpc) is 2.75. The number of rotatable bonds is 3. The fourth-order valence-corrected chi connectivity index (χ4v) is 2.23. The lowest BCUT2D eigenvalue weighted by molar-refractivity contribution is -0.116. The molecule has 3 aromatic rings. The van der Waals surface area contributed by atoms with E-state index in [2.05, 4.69) is 0 Å². The Balaban J connectivity index is 2.16. The first-order chi connectivity index (χ1) is 9.15. The summed E-state index contributed by atoms with van der Waals surface area (Å²) in [6.45, 7) is 1.42. The van der Waals surface area contributed by atoms with Crippen molar-refractivity contribution in [1.29, 1.82) is 0 Å². The van der Waals surface area contributed by atoms with Gasteiger partial charge in [0.15, 0.2) is 5.78 Å². The fraction of sp³-hybridized carbons (Fsp3) is 0.125. The lowest BCUT2D eigenvalue weighted by Gasteiger charge is -1.98. The maximum absolute atomic E-state index is 11.9. The Bertz CT molecular complexity index is 796. The smallest absolute Gasteiger partial charge is 0.170 e. The summed E-state index contributed by atoms with van der Waals surface area (Å²) in [5, 5.41) is 1.89. The van der Waals surface area contributed by atoms with Gasteiger partial charge in [0, 0.05) is 16.3 Å². The number of furan rings is 1. The third-order valence-corrected chi connectivity index (χ3v) is 3.11. The van der Waals surface area contributed by atoms with E-state index in [1.807, 2.05) is 24.3 Å². The van der Waals surface area contributed by atoms with Crippen LogP contribution in [-0.4, -0.2) is 11.6 Å². The monoisotopic (exact) mass is 252 g/mol.